The lowest BCUT2D eigenvalue weighted by molar-refractivity contribution is -0.134. The first kappa shape index (κ1) is 20.4. The third-order valence-corrected chi connectivity index (χ3v) is 5.38. The van der Waals surface area contributed by atoms with E-state index in [-0.39, 0.29) is 18.4 Å². The first-order valence-corrected chi connectivity index (χ1v) is 9.68. The number of anilines is 1. The van der Waals surface area contributed by atoms with Crippen molar-refractivity contribution in [2.24, 2.45) is 0 Å². The number of likely N-dealkylation sites (N-methyl/N-ethyl adjacent to an activating group) is 2. The molecule has 144 valence electrons. The summed E-state index contributed by atoms with van der Waals surface area (Å²) in [6, 6.07) is 6.40. The van der Waals surface area contributed by atoms with Crippen molar-refractivity contribution in [3.63, 3.8) is 0 Å². The fourth-order valence-electron chi connectivity index (χ4n) is 3.66. The molecule has 1 aromatic rings. The standard InChI is InChI=1S/C21H33N3O2/c1-16-10-9-11-17(2)21(16)22-19(25)14-24(4)20(26)15-23(3)18-12-7-5-6-8-13-18/h9-11,18H,5-8,12-15H2,1-4H3,(H,22,25). The van der Waals surface area contributed by atoms with Gasteiger partial charge in [0.25, 0.3) is 0 Å². The molecule has 1 aliphatic carbocycles. The number of hydrogen-bond acceptors (Lipinski definition) is 3. The molecule has 1 aliphatic rings. The number of carbonyl (C=O) groups is 2. The molecule has 2 amide bonds. The lowest BCUT2D eigenvalue weighted by atomic mass is 10.1. The van der Waals surface area contributed by atoms with E-state index in [0.29, 0.717) is 12.6 Å². The van der Waals surface area contributed by atoms with Gasteiger partial charge < -0.3 is 10.2 Å². The zero-order valence-corrected chi connectivity index (χ0v) is 16.7. The molecule has 0 atom stereocenters. The predicted molar refractivity (Wildman–Crippen MR) is 106 cm³/mol. The first-order valence-electron chi connectivity index (χ1n) is 9.68. The maximum atomic E-state index is 12.5. The van der Waals surface area contributed by atoms with Gasteiger partial charge in [0.2, 0.25) is 11.8 Å². The fourth-order valence-corrected chi connectivity index (χ4v) is 3.66. The molecule has 26 heavy (non-hydrogen) atoms. The smallest absolute Gasteiger partial charge is 0.243 e. The van der Waals surface area contributed by atoms with Crippen LogP contribution < -0.4 is 5.32 Å². The highest BCUT2D eigenvalue weighted by atomic mass is 16.2. The van der Waals surface area contributed by atoms with Gasteiger partial charge in [-0.3, -0.25) is 14.5 Å². The molecule has 0 aliphatic heterocycles. The van der Waals surface area contributed by atoms with E-state index in [0.717, 1.165) is 16.8 Å². The number of aryl methyl sites for hydroxylation is 2. The quantitative estimate of drug-likeness (QED) is 0.793. The molecular weight excluding hydrogens is 326 g/mol. The Morgan fingerprint density at radius 3 is 2.15 bits per heavy atom. The normalized spacial score (nSPS) is 15.6. The first-order chi connectivity index (χ1) is 12.4. The van der Waals surface area contributed by atoms with Gasteiger partial charge >= 0.3 is 0 Å². The Hall–Kier alpha value is -1.88. The topological polar surface area (TPSA) is 52.7 Å². The third kappa shape index (κ3) is 5.84. The minimum atomic E-state index is -0.157. The van der Waals surface area contributed by atoms with E-state index in [2.05, 4.69) is 10.2 Å². The van der Waals surface area contributed by atoms with Gasteiger partial charge in [-0.2, -0.15) is 0 Å². The molecule has 2 rings (SSSR count). The van der Waals surface area contributed by atoms with Crippen LogP contribution in [0.15, 0.2) is 18.2 Å². The Kier molecular flexibility index (Phi) is 7.64. The van der Waals surface area contributed by atoms with E-state index < -0.39 is 0 Å². The minimum Gasteiger partial charge on any atom is -0.335 e. The number of nitrogens with one attached hydrogen (secondary N) is 1. The van der Waals surface area contributed by atoms with Gasteiger partial charge in [-0.05, 0) is 44.9 Å². The van der Waals surface area contributed by atoms with Crippen LogP contribution >= 0.6 is 0 Å². The zero-order chi connectivity index (χ0) is 19.1. The summed E-state index contributed by atoms with van der Waals surface area (Å²) in [6.45, 7) is 4.39. The summed E-state index contributed by atoms with van der Waals surface area (Å²) in [4.78, 5) is 28.5. The van der Waals surface area contributed by atoms with Gasteiger partial charge in [-0.1, -0.05) is 43.9 Å². The van der Waals surface area contributed by atoms with Crippen molar-refractivity contribution in [1.29, 1.82) is 0 Å². The summed E-state index contributed by atoms with van der Waals surface area (Å²) in [6.07, 6.45) is 7.43. The van der Waals surface area contributed by atoms with Crippen LogP contribution in [-0.4, -0.2) is 54.8 Å². The van der Waals surface area contributed by atoms with Crippen molar-refractivity contribution in [3.8, 4) is 0 Å². The van der Waals surface area contributed by atoms with Crippen LogP contribution in [0.25, 0.3) is 0 Å². The number of hydrogen-bond donors (Lipinski definition) is 1. The number of carbonyl (C=O) groups excluding carboxylic acids is 2. The number of para-hydroxylation sites is 1. The van der Waals surface area contributed by atoms with E-state index in [9.17, 15) is 9.59 Å². The molecule has 5 nitrogen and oxygen atoms in total. The highest BCUT2D eigenvalue weighted by Crippen LogP contribution is 2.21. The summed E-state index contributed by atoms with van der Waals surface area (Å²) >= 11 is 0. The lowest BCUT2D eigenvalue weighted by Crippen LogP contribution is -2.43. The van der Waals surface area contributed by atoms with Crippen molar-refractivity contribution < 1.29 is 9.59 Å². The number of rotatable bonds is 6. The van der Waals surface area contributed by atoms with E-state index in [4.69, 9.17) is 0 Å². The van der Waals surface area contributed by atoms with Crippen LogP contribution in [0.3, 0.4) is 0 Å². The largest absolute Gasteiger partial charge is 0.335 e. The van der Waals surface area contributed by atoms with Gasteiger partial charge in [-0.15, -0.1) is 0 Å². The third-order valence-electron chi connectivity index (χ3n) is 5.38. The lowest BCUT2D eigenvalue weighted by Gasteiger charge is -2.28. The molecule has 0 radical (unpaired) electrons. The summed E-state index contributed by atoms with van der Waals surface area (Å²) < 4.78 is 0. The Bertz CT molecular complexity index is 601. The number of amides is 2. The van der Waals surface area contributed by atoms with Crippen molar-refractivity contribution in [1.82, 2.24) is 9.80 Å². The van der Waals surface area contributed by atoms with Gasteiger partial charge in [0.05, 0.1) is 13.1 Å². The monoisotopic (exact) mass is 359 g/mol. The Labute approximate surface area is 157 Å². The SMILES string of the molecule is Cc1cccc(C)c1NC(=O)CN(C)C(=O)CN(C)C1CCCCCC1. The highest BCUT2D eigenvalue weighted by Gasteiger charge is 2.21. The minimum absolute atomic E-state index is 0.00611. The molecular formula is C21H33N3O2. The highest BCUT2D eigenvalue weighted by molar-refractivity contribution is 5.95. The number of benzene rings is 1. The molecule has 0 heterocycles. The van der Waals surface area contributed by atoms with Gasteiger partial charge in [0.1, 0.15) is 0 Å². The van der Waals surface area contributed by atoms with Gasteiger partial charge in [0.15, 0.2) is 0 Å². The molecule has 1 N–H and O–H groups in total. The van der Waals surface area contributed by atoms with Crippen LogP contribution in [0.1, 0.15) is 49.7 Å². The summed E-state index contributed by atoms with van der Waals surface area (Å²) in [5.74, 6) is -0.163. The number of nitrogens with zero attached hydrogens (tertiary/aromatic N) is 2. The zero-order valence-electron chi connectivity index (χ0n) is 16.7. The molecule has 0 bridgehead atoms. The van der Waals surface area contributed by atoms with Crippen LogP contribution in [0.5, 0.6) is 0 Å². The van der Waals surface area contributed by atoms with Crippen molar-refractivity contribution in [3.05, 3.63) is 29.3 Å². The fraction of sp³-hybridized carbons (Fsp3) is 0.619. The molecule has 1 saturated carbocycles. The Morgan fingerprint density at radius 1 is 1.00 bits per heavy atom. The average molecular weight is 360 g/mol. The van der Waals surface area contributed by atoms with Crippen LogP contribution in [0.4, 0.5) is 5.69 Å². The summed E-state index contributed by atoms with van der Waals surface area (Å²) in [7, 11) is 3.73. The molecule has 0 spiro atoms. The Morgan fingerprint density at radius 2 is 1.58 bits per heavy atom. The maximum absolute atomic E-state index is 12.5. The van der Waals surface area contributed by atoms with Crippen molar-refractivity contribution >= 4 is 17.5 Å². The summed E-state index contributed by atoms with van der Waals surface area (Å²) in [5.41, 5.74) is 2.90. The average Bonchev–Trinajstić information content (AvgIpc) is 2.87. The molecule has 0 unspecified atom stereocenters. The molecule has 1 fully saturated rings. The van der Waals surface area contributed by atoms with E-state index >= 15 is 0 Å². The van der Waals surface area contributed by atoms with Crippen LogP contribution in [-0.2, 0) is 9.59 Å². The predicted octanol–water partition coefficient (Wildman–Crippen LogP) is 3.35. The van der Waals surface area contributed by atoms with Crippen LogP contribution in [0, 0.1) is 13.8 Å². The molecule has 0 saturated heterocycles. The van der Waals surface area contributed by atoms with E-state index in [1.54, 1.807) is 7.05 Å². The summed E-state index contributed by atoms with van der Waals surface area (Å²) in [5, 5.41) is 2.94. The Balaban J connectivity index is 1.84. The maximum Gasteiger partial charge on any atom is 0.243 e. The van der Waals surface area contributed by atoms with Crippen molar-refractivity contribution in [2.45, 2.75) is 58.4 Å². The molecule has 0 aromatic heterocycles. The van der Waals surface area contributed by atoms with Crippen molar-refractivity contribution in [2.75, 3.05) is 32.5 Å². The van der Waals surface area contributed by atoms with E-state index in [1.807, 2.05) is 39.1 Å². The second-order valence-corrected chi connectivity index (χ2v) is 7.63. The molecule has 5 heteroatoms. The second kappa shape index (κ2) is 9.72. The van der Waals surface area contributed by atoms with E-state index in [1.165, 1.54) is 43.4 Å². The second-order valence-electron chi connectivity index (χ2n) is 7.63. The van der Waals surface area contributed by atoms with Gasteiger partial charge in [-0.25, -0.2) is 0 Å². The van der Waals surface area contributed by atoms with Crippen LogP contribution in [0.2, 0.25) is 0 Å². The van der Waals surface area contributed by atoms with Gasteiger partial charge in [0, 0.05) is 18.8 Å². The molecule has 1 aromatic carbocycles.